The SMILES string of the molecule is CN(CCC(=O)Nc1ccc(C(N)=O)cc1)Cc1ccc(-c2ccccc2)cc1. The lowest BCUT2D eigenvalue weighted by molar-refractivity contribution is -0.116. The largest absolute Gasteiger partial charge is 0.366 e. The number of carbonyl (C=O) groups is 2. The Hall–Kier alpha value is -3.44. The minimum absolute atomic E-state index is 0.0666. The zero-order valence-electron chi connectivity index (χ0n) is 16.5. The van der Waals surface area contributed by atoms with Gasteiger partial charge in [-0.25, -0.2) is 0 Å². The van der Waals surface area contributed by atoms with Gasteiger partial charge in [0.05, 0.1) is 0 Å². The van der Waals surface area contributed by atoms with Crippen LogP contribution >= 0.6 is 0 Å². The van der Waals surface area contributed by atoms with Crippen LogP contribution < -0.4 is 11.1 Å². The molecule has 0 aromatic heterocycles. The van der Waals surface area contributed by atoms with Crippen LogP contribution in [0.4, 0.5) is 5.69 Å². The first kappa shape index (κ1) is 20.3. The van der Waals surface area contributed by atoms with Crippen LogP contribution in [0.15, 0.2) is 78.9 Å². The van der Waals surface area contributed by atoms with Crippen LogP contribution in [-0.2, 0) is 11.3 Å². The number of nitrogens with zero attached hydrogens (tertiary/aromatic N) is 1. The Kier molecular flexibility index (Phi) is 6.76. The second-order valence-corrected chi connectivity index (χ2v) is 7.04. The number of hydrogen-bond donors (Lipinski definition) is 2. The Morgan fingerprint density at radius 3 is 2.10 bits per heavy atom. The fourth-order valence-corrected chi connectivity index (χ4v) is 3.06. The van der Waals surface area contributed by atoms with E-state index in [0.29, 0.717) is 24.2 Å². The van der Waals surface area contributed by atoms with Gasteiger partial charge in [0.25, 0.3) is 0 Å². The number of carbonyl (C=O) groups excluding carboxylic acids is 2. The van der Waals surface area contributed by atoms with Crippen LogP contribution in [0, 0.1) is 0 Å². The summed E-state index contributed by atoms with van der Waals surface area (Å²) in [6, 6.07) is 25.3. The molecule has 0 spiro atoms. The van der Waals surface area contributed by atoms with Gasteiger partial charge in [0, 0.05) is 30.8 Å². The predicted octanol–water partition coefficient (Wildman–Crippen LogP) is 3.91. The molecule has 5 nitrogen and oxygen atoms in total. The third-order valence-electron chi connectivity index (χ3n) is 4.69. The normalized spacial score (nSPS) is 10.7. The van der Waals surface area contributed by atoms with Gasteiger partial charge in [-0.05, 0) is 48.0 Å². The van der Waals surface area contributed by atoms with Gasteiger partial charge in [-0.2, -0.15) is 0 Å². The van der Waals surface area contributed by atoms with Gasteiger partial charge in [0.1, 0.15) is 0 Å². The maximum atomic E-state index is 12.2. The molecule has 29 heavy (non-hydrogen) atoms. The van der Waals surface area contributed by atoms with E-state index in [1.54, 1.807) is 24.3 Å². The van der Waals surface area contributed by atoms with Crippen molar-refractivity contribution in [3.05, 3.63) is 90.0 Å². The van der Waals surface area contributed by atoms with Gasteiger partial charge in [-0.3, -0.25) is 9.59 Å². The monoisotopic (exact) mass is 387 g/mol. The summed E-state index contributed by atoms with van der Waals surface area (Å²) in [4.78, 5) is 25.4. The smallest absolute Gasteiger partial charge is 0.248 e. The molecular formula is C24H25N3O2. The first-order valence-electron chi connectivity index (χ1n) is 9.54. The molecule has 0 heterocycles. The minimum Gasteiger partial charge on any atom is -0.366 e. The highest BCUT2D eigenvalue weighted by atomic mass is 16.2. The molecule has 3 N–H and O–H groups in total. The maximum absolute atomic E-state index is 12.2. The lowest BCUT2D eigenvalue weighted by Gasteiger charge is -2.17. The van der Waals surface area contributed by atoms with E-state index < -0.39 is 5.91 Å². The van der Waals surface area contributed by atoms with Gasteiger partial charge in [0.2, 0.25) is 11.8 Å². The second-order valence-electron chi connectivity index (χ2n) is 7.04. The van der Waals surface area contributed by atoms with Crippen LogP contribution in [0.5, 0.6) is 0 Å². The highest BCUT2D eigenvalue weighted by Gasteiger charge is 2.07. The Bertz CT molecular complexity index is 952. The van der Waals surface area contributed by atoms with Gasteiger partial charge >= 0.3 is 0 Å². The molecule has 2 amide bonds. The van der Waals surface area contributed by atoms with Crippen LogP contribution in [0.3, 0.4) is 0 Å². The summed E-state index contributed by atoms with van der Waals surface area (Å²) in [6.45, 7) is 1.42. The summed E-state index contributed by atoms with van der Waals surface area (Å²) in [5.41, 5.74) is 9.88. The van der Waals surface area contributed by atoms with Crippen LogP contribution in [-0.4, -0.2) is 30.3 Å². The molecule has 0 unspecified atom stereocenters. The third-order valence-corrected chi connectivity index (χ3v) is 4.69. The van der Waals surface area contributed by atoms with E-state index in [1.165, 1.54) is 16.7 Å². The first-order valence-corrected chi connectivity index (χ1v) is 9.54. The van der Waals surface area contributed by atoms with Gasteiger partial charge in [0.15, 0.2) is 0 Å². The van der Waals surface area contributed by atoms with E-state index in [1.807, 2.05) is 25.2 Å². The summed E-state index contributed by atoms with van der Waals surface area (Å²) in [7, 11) is 2.00. The topological polar surface area (TPSA) is 75.4 Å². The van der Waals surface area contributed by atoms with Crippen LogP contribution in [0.1, 0.15) is 22.3 Å². The molecule has 0 fully saturated rings. The number of primary amides is 1. The standard InChI is InChI=1S/C24H25N3O2/c1-27(16-15-23(28)26-22-13-11-21(12-14-22)24(25)29)17-18-7-9-20(10-8-18)19-5-3-2-4-6-19/h2-14H,15-17H2,1H3,(H2,25,29)(H,26,28). The summed E-state index contributed by atoms with van der Waals surface area (Å²) >= 11 is 0. The van der Waals surface area contributed by atoms with Crippen LogP contribution in [0.2, 0.25) is 0 Å². The molecule has 0 aliphatic heterocycles. The number of rotatable bonds is 8. The molecule has 3 aromatic rings. The van der Waals surface area contributed by atoms with Crippen molar-refractivity contribution in [3.8, 4) is 11.1 Å². The fourth-order valence-electron chi connectivity index (χ4n) is 3.06. The molecule has 3 aromatic carbocycles. The van der Waals surface area contributed by atoms with E-state index in [2.05, 4.69) is 46.6 Å². The summed E-state index contributed by atoms with van der Waals surface area (Å²) in [6.07, 6.45) is 0.385. The molecule has 0 bridgehead atoms. The predicted molar refractivity (Wildman–Crippen MR) is 116 cm³/mol. The molecule has 0 aliphatic rings. The molecule has 0 atom stereocenters. The summed E-state index contributed by atoms with van der Waals surface area (Å²) in [5.74, 6) is -0.551. The quantitative estimate of drug-likeness (QED) is 0.615. The van der Waals surface area contributed by atoms with Crippen molar-refractivity contribution in [3.63, 3.8) is 0 Å². The molecule has 0 aliphatic carbocycles. The highest BCUT2D eigenvalue weighted by molar-refractivity contribution is 5.94. The maximum Gasteiger partial charge on any atom is 0.248 e. The summed E-state index contributed by atoms with van der Waals surface area (Å²) in [5, 5.41) is 2.84. The van der Waals surface area contributed by atoms with Crippen molar-refractivity contribution in [1.82, 2.24) is 4.90 Å². The lowest BCUT2D eigenvalue weighted by atomic mass is 10.0. The molecule has 5 heteroatoms. The minimum atomic E-state index is -0.485. The fraction of sp³-hybridized carbons (Fsp3) is 0.167. The third kappa shape index (κ3) is 6.02. The van der Waals surface area contributed by atoms with Crippen molar-refractivity contribution in [1.29, 1.82) is 0 Å². The lowest BCUT2D eigenvalue weighted by Crippen LogP contribution is -2.24. The van der Waals surface area contributed by atoms with Gasteiger partial charge in [-0.15, -0.1) is 0 Å². The molecule has 0 saturated carbocycles. The molecule has 0 saturated heterocycles. The zero-order chi connectivity index (χ0) is 20.6. The van der Waals surface area contributed by atoms with E-state index in [-0.39, 0.29) is 5.91 Å². The van der Waals surface area contributed by atoms with E-state index >= 15 is 0 Å². The van der Waals surface area contributed by atoms with E-state index in [0.717, 1.165) is 6.54 Å². The molecule has 0 radical (unpaired) electrons. The van der Waals surface area contributed by atoms with E-state index in [4.69, 9.17) is 5.73 Å². The van der Waals surface area contributed by atoms with Crippen molar-refractivity contribution in [2.45, 2.75) is 13.0 Å². The second kappa shape index (κ2) is 9.66. The molecule has 3 rings (SSSR count). The Balaban J connectivity index is 1.46. The molecular weight excluding hydrogens is 362 g/mol. The Morgan fingerprint density at radius 1 is 0.862 bits per heavy atom. The first-order chi connectivity index (χ1) is 14.0. The van der Waals surface area contributed by atoms with Crippen molar-refractivity contribution < 1.29 is 9.59 Å². The van der Waals surface area contributed by atoms with Gasteiger partial charge in [-0.1, -0.05) is 54.6 Å². The molecule has 148 valence electrons. The summed E-state index contributed by atoms with van der Waals surface area (Å²) < 4.78 is 0. The number of nitrogens with two attached hydrogens (primary N) is 1. The zero-order valence-corrected chi connectivity index (χ0v) is 16.5. The highest BCUT2D eigenvalue weighted by Crippen LogP contribution is 2.19. The number of amides is 2. The average Bonchev–Trinajstić information content (AvgIpc) is 2.74. The van der Waals surface area contributed by atoms with Crippen molar-refractivity contribution in [2.75, 3.05) is 18.9 Å². The Labute approximate surface area is 171 Å². The van der Waals surface area contributed by atoms with Crippen molar-refractivity contribution in [2.24, 2.45) is 5.73 Å². The van der Waals surface area contributed by atoms with Gasteiger partial charge < -0.3 is 16.0 Å². The van der Waals surface area contributed by atoms with Crippen molar-refractivity contribution >= 4 is 17.5 Å². The Morgan fingerprint density at radius 2 is 1.48 bits per heavy atom. The number of nitrogens with one attached hydrogen (secondary N) is 1. The number of hydrogen-bond acceptors (Lipinski definition) is 3. The average molecular weight is 387 g/mol. The number of anilines is 1. The van der Waals surface area contributed by atoms with Crippen LogP contribution in [0.25, 0.3) is 11.1 Å². The van der Waals surface area contributed by atoms with E-state index in [9.17, 15) is 9.59 Å². The number of benzene rings is 3.